The van der Waals surface area contributed by atoms with E-state index in [2.05, 4.69) is 20.3 Å². The molecule has 0 aliphatic carbocycles. The Labute approximate surface area is 115 Å². The van der Waals surface area contributed by atoms with Crippen LogP contribution in [0.4, 0.5) is 0 Å². The topological polar surface area (TPSA) is 67.8 Å². The van der Waals surface area contributed by atoms with Crippen molar-refractivity contribution in [3.8, 4) is 0 Å². The van der Waals surface area contributed by atoms with Gasteiger partial charge in [-0.1, -0.05) is 18.2 Å². The van der Waals surface area contributed by atoms with Crippen LogP contribution in [-0.4, -0.2) is 20.9 Å². The molecule has 3 aromatic rings. The van der Waals surface area contributed by atoms with E-state index in [1.807, 2.05) is 30.3 Å². The van der Waals surface area contributed by atoms with Gasteiger partial charge in [-0.2, -0.15) is 0 Å². The fourth-order valence-electron chi connectivity index (χ4n) is 1.99. The summed E-state index contributed by atoms with van der Waals surface area (Å²) in [6.07, 6.45) is 6.22. The molecule has 0 aliphatic heterocycles. The van der Waals surface area contributed by atoms with Crippen LogP contribution in [-0.2, 0) is 6.54 Å². The number of fused-ring (bicyclic) bond motifs is 1. The number of amides is 1. The van der Waals surface area contributed by atoms with E-state index in [4.69, 9.17) is 0 Å². The van der Waals surface area contributed by atoms with E-state index >= 15 is 0 Å². The van der Waals surface area contributed by atoms with Crippen LogP contribution in [0.1, 0.15) is 16.1 Å². The lowest BCUT2D eigenvalue weighted by Gasteiger charge is -2.07. The van der Waals surface area contributed by atoms with Crippen molar-refractivity contribution in [2.45, 2.75) is 6.54 Å². The largest absolute Gasteiger partial charge is 0.347 e. The van der Waals surface area contributed by atoms with Gasteiger partial charge in [0.1, 0.15) is 5.69 Å². The van der Waals surface area contributed by atoms with Crippen LogP contribution in [0.3, 0.4) is 0 Å². The third kappa shape index (κ3) is 2.47. The van der Waals surface area contributed by atoms with E-state index < -0.39 is 0 Å². The van der Waals surface area contributed by atoms with Crippen molar-refractivity contribution >= 4 is 16.8 Å². The maximum atomic E-state index is 11.9. The Balaban J connectivity index is 1.79. The van der Waals surface area contributed by atoms with Gasteiger partial charge in [-0.3, -0.25) is 14.8 Å². The molecule has 0 aliphatic rings. The zero-order valence-corrected chi connectivity index (χ0v) is 10.7. The summed E-state index contributed by atoms with van der Waals surface area (Å²) >= 11 is 0. The molecule has 1 aromatic carbocycles. The second-order valence-corrected chi connectivity index (χ2v) is 4.26. The van der Waals surface area contributed by atoms with Gasteiger partial charge in [0.2, 0.25) is 0 Å². The van der Waals surface area contributed by atoms with E-state index in [1.165, 1.54) is 18.6 Å². The summed E-state index contributed by atoms with van der Waals surface area (Å²) in [6, 6.07) is 9.74. The van der Waals surface area contributed by atoms with Crippen LogP contribution < -0.4 is 5.32 Å². The normalized spacial score (nSPS) is 10.4. The van der Waals surface area contributed by atoms with Crippen molar-refractivity contribution in [3.05, 3.63) is 66.4 Å². The zero-order chi connectivity index (χ0) is 13.8. The van der Waals surface area contributed by atoms with Gasteiger partial charge < -0.3 is 5.32 Å². The standard InChI is InChI=1S/C15H12N4O/c20-15(14-10-16-7-8-18-14)19-9-11-5-6-17-13-4-2-1-3-12(11)13/h1-8,10H,9H2,(H,19,20). The summed E-state index contributed by atoms with van der Waals surface area (Å²) in [5.41, 5.74) is 2.25. The SMILES string of the molecule is O=C(NCc1ccnc2ccccc12)c1cnccn1. The highest BCUT2D eigenvalue weighted by molar-refractivity contribution is 5.92. The number of aromatic nitrogens is 3. The number of nitrogens with one attached hydrogen (secondary N) is 1. The Kier molecular flexibility index (Phi) is 3.33. The molecule has 2 heterocycles. The van der Waals surface area contributed by atoms with Crippen LogP contribution >= 0.6 is 0 Å². The summed E-state index contributed by atoms with van der Waals surface area (Å²) in [7, 11) is 0. The number of hydrogen-bond donors (Lipinski definition) is 1. The average molecular weight is 264 g/mol. The number of pyridine rings is 1. The van der Waals surface area contributed by atoms with Crippen LogP contribution in [0.25, 0.3) is 10.9 Å². The van der Waals surface area contributed by atoms with Crippen molar-refractivity contribution < 1.29 is 4.79 Å². The van der Waals surface area contributed by atoms with Crippen molar-refractivity contribution in [3.63, 3.8) is 0 Å². The molecule has 0 bridgehead atoms. The third-order valence-corrected chi connectivity index (χ3v) is 2.97. The molecule has 0 saturated heterocycles. The quantitative estimate of drug-likeness (QED) is 0.785. The summed E-state index contributed by atoms with van der Waals surface area (Å²) in [5, 5.41) is 3.87. The first-order valence-corrected chi connectivity index (χ1v) is 6.21. The van der Waals surface area contributed by atoms with Crippen molar-refractivity contribution in [1.29, 1.82) is 0 Å². The monoisotopic (exact) mass is 264 g/mol. The highest BCUT2D eigenvalue weighted by Gasteiger charge is 2.07. The molecule has 0 spiro atoms. The average Bonchev–Trinajstić information content (AvgIpc) is 2.53. The van der Waals surface area contributed by atoms with Crippen molar-refractivity contribution in [1.82, 2.24) is 20.3 Å². The Hall–Kier alpha value is -2.82. The fraction of sp³-hybridized carbons (Fsp3) is 0.0667. The van der Waals surface area contributed by atoms with E-state index in [0.29, 0.717) is 12.2 Å². The highest BCUT2D eigenvalue weighted by Crippen LogP contribution is 2.15. The maximum Gasteiger partial charge on any atom is 0.271 e. The zero-order valence-electron chi connectivity index (χ0n) is 10.7. The molecule has 2 aromatic heterocycles. The van der Waals surface area contributed by atoms with Gasteiger partial charge in [-0.15, -0.1) is 0 Å². The molecule has 3 rings (SSSR count). The minimum absolute atomic E-state index is 0.237. The molecular weight excluding hydrogens is 252 g/mol. The van der Waals surface area contributed by atoms with Gasteiger partial charge in [0.25, 0.3) is 5.91 Å². The minimum atomic E-state index is -0.237. The van der Waals surface area contributed by atoms with Gasteiger partial charge in [0.15, 0.2) is 0 Å². The van der Waals surface area contributed by atoms with E-state index in [9.17, 15) is 4.79 Å². The number of carbonyl (C=O) groups is 1. The molecule has 98 valence electrons. The molecule has 0 radical (unpaired) electrons. The number of para-hydroxylation sites is 1. The molecule has 0 saturated carbocycles. The van der Waals surface area contributed by atoms with E-state index in [1.54, 1.807) is 6.20 Å². The molecule has 0 fully saturated rings. The predicted molar refractivity (Wildman–Crippen MR) is 74.9 cm³/mol. The van der Waals surface area contributed by atoms with Crippen LogP contribution in [0.15, 0.2) is 55.1 Å². The Morgan fingerprint density at radius 2 is 1.95 bits per heavy atom. The summed E-state index contributed by atoms with van der Waals surface area (Å²) in [6.45, 7) is 0.429. The van der Waals surface area contributed by atoms with Crippen molar-refractivity contribution in [2.24, 2.45) is 0 Å². The molecular formula is C15H12N4O. The fourth-order valence-corrected chi connectivity index (χ4v) is 1.99. The summed E-state index contributed by atoms with van der Waals surface area (Å²) < 4.78 is 0. The first kappa shape index (κ1) is 12.2. The number of benzene rings is 1. The smallest absolute Gasteiger partial charge is 0.271 e. The molecule has 1 amide bonds. The lowest BCUT2D eigenvalue weighted by atomic mass is 10.1. The Morgan fingerprint density at radius 3 is 2.80 bits per heavy atom. The number of nitrogens with zero attached hydrogens (tertiary/aromatic N) is 3. The second kappa shape index (κ2) is 5.44. The lowest BCUT2D eigenvalue weighted by molar-refractivity contribution is 0.0945. The third-order valence-electron chi connectivity index (χ3n) is 2.97. The Morgan fingerprint density at radius 1 is 1.05 bits per heavy atom. The highest BCUT2D eigenvalue weighted by atomic mass is 16.1. The predicted octanol–water partition coefficient (Wildman–Crippen LogP) is 1.95. The van der Waals surface area contributed by atoms with E-state index in [-0.39, 0.29) is 5.91 Å². The molecule has 1 N–H and O–H groups in total. The van der Waals surface area contributed by atoms with Gasteiger partial charge in [0, 0.05) is 30.5 Å². The van der Waals surface area contributed by atoms with Crippen LogP contribution in [0, 0.1) is 0 Å². The van der Waals surface area contributed by atoms with Gasteiger partial charge in [-0.05, 0) is 17.7 Å². The van der Waals surface area contributed by atoms with Gasteiger partial charge in [-0.25, -0.2) is 4.98 Å². The molecule has 5 nitrogen and oxygen atoms in total. The first-order valence-electron chi connectivity index (χ1n) is 6.21. The maximum absolute atomic E-state index is 11.9. The first-order chi connectivity index (χ1) is 9.84. The van der Waals surface area contributed by atoms with Crippen LogP contribution in [0.5, 0.6) is 0 Å². The molecule has 0 unspecified atom stereocenters. The summed E-state index contributed by atoms with van der Waals surface area (Å²) in [4.78, 5) is 24.1. The number of carbonyl (C=O) groups excluding carboxylic acids is 1. The van der Waals surface area contributed by atoms with Gasteiger partial charge >= 0.3 is 0 Å². The second-order valence-electron chi connectivity index (χ2n) is 4.26. The van der Waals surface area contributed by atoms with E-state index in [0.717, 1.165) is 16.5 Å². The molecule has 20 heavy (non-hydrogen) atoms. The Bertz CT molecular complexity index is 738. The molecule has 0 atom stereocenters. The number of rotatable bonds is 3. The minimum Gasteiger partial charge on any atom is -0.347 e. The lowest BCUT2D eigenvalue weighted by Crippen LogP contribution is -2.24. The summed E-state index contributed by atoms with van der Waals surface area (Å²) in [5.74, 6) is -0.237. The molecule has 5 heteroatoms. The van der Waals surface area contributed by atoms with Crippen molar-refractivity contribution in [2.75, 3.05) is 0 Å². The van der Waals surface area contributed by atoms with Gasteiger partial charge in [0.05, 0.1) is 11.7 Å². The van der Waals surface area contributed by atoms with Crippen LogP contribution in [0.2, 0.25) is 0 Å². The number of hydrogen-bond acceptors (Lipinski definition) is 4.